The van der Waals surface area contributed by atoms with Gasteiger partial charge >= 0.3 is 6.03 Å². The molecule has 8 nitrogen and oxygen atoms in total. The van der Waals surface area contributed by atoms with Crippen molar-refractivity contribution < 1.29 is 14.4 Å². The van der Waals surface area contributed by atoms with E-state index in [9.17, 15) is 14.4 Å². The summed E-state index contributed by atoms with van der Waals surface area (Å²) in [6.45, 7) is 3.70. The zero-order valence-electron chi connectivity index (χ0n) is 16.8. The van der Waals surface area contributed by atoms with Gasteiger partial charge < -0.3 is 15.6 Å². The summed E-state index contributed by atoms with van der Waals surface area (Å²) in [5.74, 6) is 0.0884. The molecule has 0 radical (unpaired) electrons. The van der Waals surface area contributed by atoms with Crippen LogP contribution in [0.1, 0.15) is 57.8 Å². The van der Waals surface area contributed by atoms with E-state index in [0.29, 0.717) is 18.7 Å². The first-order valence-corrected chi connectivity index (χ1v) is 10.3. The molecule has 1 spiro atoms. The number of imide groups is 1. The van der Waals surface area contributed by atoms with E-state index in [1.165, 1.54) is 0 Å². The number of aromatic nitrogens is 2. The zero-order chi connectivity index (χ0) is 20.6. The number of aromatic amines is 1. The molecule has 29 heavy (non-hydrogen) atoms. The highest BCUT2D eigenvalue weighted by Gasteiger charge is 2.51. The van der Waals surface area contributed by atoms with Crippen LogP contribution in [0.3, 0.4) is 0 Å². The summed E-state index contributed by atoms with van der Waals surface area (Å²) >= 11 is 0. The SMILES string of the molecule is CC(C)C(NC(=O)CN1C(=O)NC2(CCCCC2)C1=O)c1nc2ccccc2[nH]1. The highest BCUT2D eigenvalue weighted by Crippen LogP contribution is 2.33. The molecule has 8 heteroatoms. The number of rotatable bonds is 5. The Hall–Kier alpha value is -2.90. The Bertz CT molecular complexity index is 912. The number of nitrogens with zero attached hydrogens (tertiary/aromatic N) is 2. The molecule has 1 saturated heterocycles. The van der Waals surface area contributed by atoms with Crippen LogP contribution in [-0.4, -0.2) is 44.8 Å². The number of carbonyl (C=O) groups excluding carboxylic acids is 3. The lowest BCUT2D eigenvalue weighted by Gasteiger charge is -2.30. The Morgan fingerprint density at radius 3 is 2.62 bits per heavy atom. The highest BCUT2D eigenvalue weighted by atomic mass is 16.2. The minimum atomic E-state index is -0.814. The van der Waals surface area contributed by atoms with E-state index < -0.39 is 11.6 Å². The number of carbonyl (C=O) groups is 3. The van der Waals surface area contributed by atoms with Crippen molar-refractivity contribution in [1.29, 1.82) is 0 Å². The number of nitrogens with one attached hydrogen (secondary N) is 3. The van der Waals surface area contributed by atoms with Gasteiger partial charge in [0.2, 0.25) is 5.91 Å². The third-order valence-electron chi connectivity index (χ3n) is 5.94. The fraction of sp³-hybridized carbons (Fsp3) is 0.524. The van der Waals surface area contributed by atoms with Crippen LogP contribution < -0.4 is 10.6 Å². The lowest BCUT2D eigenvalue weighted by atomic mass is 9.82. The summed E-state index contributed by atoms with van der Waals surface area (Å²) in [4.78, 5) is 46.9. The van der Waals surface area contributed by atoms with Crippen molar-refractivity contribution in [3.05, 3.63) is 30.1 Å². The van der Waals surface area contributed by atoms with Crippen LogP contribution in [0.4, 0.5) is 4.79 Å². The number of fused-ring (bicyclic) bond motifs is 1. The maximum absolute atomic E-state index is 12.9. The average Bonchev–Trinajstić information content (AvgIpc) is 3.21. The fourth-order valence-electron chi connectivity index (χ4n) is 4.35. The van der Waals surface area contributed by atoms with Gasteiger partial charge in [0.15, 0.2) is 0 Å². The molecule has 1 aromatic heterocycles. The van der Waals surface area contributed by atoms with Crippen molar-refractivity contribution in [2.45, 2.75) is 57.5 Å². The van der Waals surface area contributed by atoms with E-state index >= 15 is 0 Å². The second kappa shape index (κ2) is 7.50. The van der Waals surface area contributed by atoms with Crippen LogP contribution in [-0.2, 0) is 9.59 Å². The maximum Gasteiger partial charge on any atom is 0.325 e. The molecular weight excluding hydrogens is 370 g/mol. The molecule has 2 heterocycles. The summed E-state index contributed by atoms with van der Waals surface area (Å²) in [6, 6.07) is 6.85. The number of H-pyrrole nitrogens is 1. The van der Waals surface area contributed by atoms with Crippen LogP contribution in [0.25, 0.3) is 11.0 Å². The molecule has 0 bridgehead atoms. The number of hydrogen-bond acceptors (Lipinski definition) is 4. The van der Waals surface area contributed by atoms with E-state index in [2.05, 4.69) is 20.6 Å². The van der Waals surface area contributed by atoms with Crippen LogP contribution >= 0.6 is 0 Å². The van der Waals surface area contributed by atoms with Crippen molar-refractivity contribution >= 4 is 28.9 Å². The minimum absolute atomic E-state index is 0.0762. The monoisotopic (exact) mass is 397 g/mol. The van der Waals surface area contributed by atoms with E-state index in [1.54, 1.807) is 0 Å². The topological polar surface area (TPSA) is 107 Å². The largest absolute Gasteiger partial charge is 0.344 e. The third kappa shape index (κ3) is 3.59. The fourth-order valence-corrected chi connectivity index (χ4v) is 4.35. The molecule has 2 aromatic rings. The molecule has 2 fully saturated rings. The third-order valence-corrected chi connectivity index (χ3v) is 5.94. The standard InChI is InChI=1S/C21H27N5O3/c1-13(2)17(18-22-14-8-4-5-9-15(14)23-18)24-16(27)12-26-19(28)21(25-20(26)29)10-6-3-7-11-21/h4-5,8-9,13,17H,3,6-7,10-12H2,1-2H3,(H,22,23)(H,24,27)(H,25,29). The van der Waals surface area contributed by atoms with Gasteiger partial charge in [-0.15, -0.1) is 0 Å². The Morgan fingerprint density at radius 1 is 1.21 bits per heavy atom. The van der Waals surface area contributed by atoms with Crippen LogP contribution in [0.2, 0.25) is 0 Å². The van der Waals surface area contributed by atoms with E-state index in [-0.39, 0.29) is 30.3 Å². The van der Waals surface area contributed by atoms with E-state index in [4.69, 9.17) is 0 Å². The predicted molar refractivity (Wildman–Crippen MR) is 108 cm³/mol. The molecule has 4 amide bonds. The minimum Gasteiger partial charge on any atom is -0.344 e. The van der Waals surface area contributed by atoms with Crippen molar-refractivity contribution in [2.75, 3.05) is 6.54 Å². The van der Waals surface area contributed by atoms with Gasteiger partial charge in [-0.25, -0.2) is 9.78 Å². The first-order chi connectivity index (χ1) is 13.9. The van der Waals surface area contributed by atoms with Crippen molar-refractivity contribution in [2.24, 2.45) is 5.92 Å². The molecule has 1 aliphatic carbocycles. The molecule has 3 N–H and O–H groups in total. The number of benzene rings is 1. The molecule has 1 aromatic carbocycles. The average molecular weight is 397 g/mol. The molecule has 1 atom stereocenters. The molecule has 1 unspecified atom stereocenters. The summed E-state index contributed by atoms with van der Waals surface area (Å²) in [7, 11) is 0. The lowest BCUT2D eigenvalue weighted by molar-refractivity contribution is -0.136. The van der Waals surface area contributed by atoms with Gasteiger partial charge in [0.05, 0.1) is 17.1 Å². The zero-order valence-corrected chi connectivity index (χ0v) is 16.8. The highest BCUT2D eigenvalue weighted by molar-refractivity contribution is 6.09. The quantitative estimate of drug-likeness (QED) is 0.674. The lowest BCUT2D eigenvalue weighted by Crippen LogP contribution is -2.49. The molecule has 2 aliphatic rings. The second-order valence-electron chi connectivity index (χ2n) is 8.39. The van der Waals surface area contributed by atoms with Gasteiger partial charge in [-0.05, 0) is 30.9 Å². The molecule has 1 aliphatic heterocycles. The van der Waals surface area contributed by atoms with Crippen LogP contribution in [0, 0.1) is 5.92 Å². The number of imidazole rings is 1. The van der Waals surface area contributed by atoms with Gasteiger partial charge in [0, 0.05) is 0 Å². The summed E-state index contributed by atoms with van der Waals surface area (Å²) in [5, 5.41) is 5.79. The molecule has 4 rings (SSSR count). The van der Waals surface area contributed by atoms with Crippen molar-refractivity contribution in [3.8, 4) is 0 Å². The summed E-state index contributed by atoms with van der Waals surface area (Å²) in [6.07, 6.45) is 4.17. The number of para-hydroxylation sites is 2. The van der Waals surface area contributed by atoms with Gasteiger partial charge in [-0.3, -0.25) is 14.5 Å². The first-order valence-electron chi connectivity index (χ1n) is 10.3. The summed E-state index contributed by atoms with van der Waals surface area (Å²) in [5.41, 5.74) is 0.915. The van der Waals surface area contributed by atoms with Gasteiger partial charge in [-0.2, -0.15) is 0 Å². The van der Waals surface area contributed by atoms with Crippen LogP contribution in [0.15, 0.2) is 24.3 Å². The Balaban J connectivity index is 1.47. The van der Waals surface area contributed by atoms with Crippen molar-refractivity contribution in [1.82, 2.24) is 25.5 Å². The predicted octanol–water partition coefficient (Wildman–Crippen LogP) is 2.63. The van der Waals surface area contributed by atoms with Gasteiger partial charge in [0.25, 0.3) is 5.91 Å². The number of hydrogen-bond donors (Lipinski definition) is 3. The van der Waals surface area contributed by atoms with E-state index in [1.807, 2.05) is 38.1 Å². The van der Waals surface area contributed by atoms with E-state index in [0.717, 1.165) is 35.2 Å². The number of amides is 4. The van der Waals surface area contributed by atoms with Gasteiger partial charge in [-0.1, -0.05) is 45.2 Å². The smallest absolute Gasteiger partial charge is 0.325 e. The first kappa shape index (κ1) is 19.4. The molecular formula is C21H27N5O3. The normalized spacial score (nSPS) is 19.8. The summed E-state index contributed by atoms with van der Waals surface area (Å²) < 4.78 is 0. The second-order valence-corrected chi connectivity index (χ2v) is 8.39. The number of urea groups is 1. The Labute approximate surface area is 169 Å². The Morgan fingerprint density at radius 2 is 1.93 bits per heavy atom. The molecule has 1 saturated carbocycles. The molecule has 154 valence electrons. The van der Waals surface area contributed by atoms with Crippen molar-refractivity contribution in [3.63, 3.8) is 0 Å². The Kier molecular flexibility index (Phi) is 5.02. The van der Waals surface area contributed by atoms with Crippen LogP contribution in [0.5, 0.6) is 0 Å². The maximum atomic E-state index is 12.9. The van der Waals surface area contributed by atoms with Gasteiger partial charge in [0.1, 0.15) is 17.9 Å².